The van der Waals surface area contributed by atoms with Gasteiger partial charge < -0.3 is 0 Å². The van der Waals surface area contributed by atoms with E-state index in [4.69, 9.17) is 5.14 Å². The summed E-state index contributed by atoms with van der Waals surface area (Å²) in [5.74, 6) is 0. The molecule has 0 fully saturated rings. The number of hydrogen-bond acceptors (Lipinski definition) is 3. The molecule has 1 heterocycles. The molecule has 0 saturated carbocycles. The van der Waals surface area contributed by atoms with Crippen LogP contribution in [0, 0.1) is 0 Å². The standard InChI is InChI=1S/C5H9N3O2S/c1-2-8-5(3-4-7-8)11(6,9)10/h3-4H,2H2,1H3,(H2,6,9,10). The summed E-state index contributed by atoms with van der Waals surface area (Å²) in [4.78, 5) is 0. The Hall–Kier alpha value is -0.880. The third kappa shape index (κ3) is 1.58. The van der Waals surface area contributed by atoms with Crippen molar-refractivity contribution in [2.75, 3.05) is 0 Å². The molecule has 0 spiro atoms. The second kappa shape index (κ2) is 2.63. The van der Waals surface area contributed by atoms with Gasteiger partial charge in [-0.2, -0.15) is 5.10 Å². The van der Waals surface area contributed by atoms with Crippen LogP contribution in [0.2, 0.25) is 0 Å². The number of aryl methyl sites for hydroxylation is 1. The zero-order valence-electron chi connectivity index (χ0n) is 6.06. The Labute approximate surface area is 64.9 Å². The lowest BCUT2D eigenvalue weighted by Crippen LogP contribution is -2.17. The molecule has 0 saturated heterocycles. The molecular formula is C5H9N3O2S. The van der Waals surface area contributed by atoms with E-state index in [-0.39, 0.29) is 5.03 Å². The third-order valence-electron chi connectivity index (χ3n) is 1.27. The van der Waals surface area contributed by atoms with Crippen LogP contribution in [0.4, 0.5) is 0 Å². The maximum atomic E-state index is 10.8. The van der Waals surface area contributed by atoms with E-state index in [1.165, 1.54) is 16.9 Å². The van der Waals surface area contributed by atoms with E-state index in [9.17, 15) is 8.42 Å². The molecule has 0 unspecified atom stereocenters. The first-order valence-corrected chi connectivity index (χ1v) is 4.65. The highest BCUT2D eigenvalue weighted by Gasteiger charge is 2.12. The number of sulfonamides is 1. The van der Waals surface area contributed by atoms with Crippen molar-refractivity contribution < 1.29 is 8.42 Å². The average molecular weight is 175 g/mol. The molecule has 11 heavy (non-hydrogen) atoms. The van der Waals surface area contributed by atoms with E-state index < -0.39 is 10.0 Å². The first-order chi connectivity index (χ1) is 5.05. The van der Waals surface area contributed by atoms with Gasteiger partial charge in [-0.15, -0.1) is 0 Å². The minimum atomic E-state index is -3.60. The Kier molecular flexibility index (Phi) is 1.97. The van der Waals surface area contributed by atoms with Gasteiger partial charge in [0.2, 0.25) is 0 Å². The lowest BCUT2D eigenvalue weighted by Gasteiger charge is -1.99. The Morgan fingerprint density at radius 3 is 2.73 bits per heavy atom. The summed E-state index contributed by atoms with van der Waals surface area (Å²) in [6, 6.07) is 1.37. The molecule has 2 N–H and O–H groups in total. The van der Waals surface area contributed by atoms with Gasteiger partial charge in [-0.05, 0) is 13.0 Å². The predicted molar refractivity (Wildman–Crippen MR) is 39.3 cm³/mol. The summed E-state index contributed by atoms with van der Waals surface area (Å²) in [7, 11) is -3.60. The van der Waals surface area contributed by atoms with Gasteiger partial charge in [0.15, 0.2) is 5.03 Å². The van der Waals surface area contributed by atoms with Crippen molar-refractivity contribution in [1.29, 1.82) is 0 Å². The lowest BCUT2D eigenvalue weighted by molar-refractivity contribution is 0.555. The van der Waals surface area contributed by atoms with Crippen LogP contribution >= 0.6 is 0 Å². The third-order valence-corrected chi connectivity index (χ3v) is 2.20. The highest BCUT2D eigenvalue weighted by molar-refractivity contribution is 7.89. The van der Waals surface area contributed by atoms with Crippen molar-refractivity contribution in [3.05, 3.63) is 12.3 Å². The van der Waals surface area contributed by atoms with E-state index >= 15 is 0 Å². The van der Waals surface area contributed by atoms with E-state index in [1.54, 1.807) is 6.92 Å². The molecule has 62 valence electrons. The van der Waals surface area contributed by atoms with Crippen molar-refractivity contribution in [1.82, 2.24) is 9.78 Å². The molecule has 1 aromatic heterocycles. The molecule has 5 nitrogen and oxygen atoms in total. The molecule has 1 aromatic rings. The van der Waals surface area contributed by atoms with Gasteiger partial charge in [0.05, 0.1) is 6.20 Å². The van der Waals surface area contributed by atoms with Crippen LogP contribution in [-0.2, 0) is 16.6 Å². The number of primary sulfonamides is 1. The van der Waals surface area contributed by atoms with E-state index in [0.717, 1.165) is 0 Å². The maximum Gasteiger partial charge on any atom is 0.255 e. The van der Waals surface area contributed by atoms with Gasteiger partial charge in [0.1, 0.15) is 0 Å². The number of nitrogens with two attached hydrogens (primary N) is 1. The van der Waals surface area contributed by atoms with Crippen molar-refractivity contribution in [3.8, 4) is 0 Å². The molecule has 0 aliphatic carbocycles. The second-order valence-corrected chi connectivity index (χ2v) is 3.54. The molecule has 0 amide bonds. The summed E-state index contributed by atoms with van der Waals surface area (Å²) in [6.45, 7) is 2.29. The van der Waals surface area contributed by atoms with Crippen molar-refractivity contribution in [2.45, 2.75) is 18.5 Å². The summed E-state index contributed by atoms with van der Waals surface area (Å²) in [6.07, 6.45) is 1.41. The molecule has 0 bridgehead atoms. The van der Waals surface area contributed by atoms with Crippen LogP contribution in [-0.4, -0.2) is 18.2 Å². The molecule has 6 heteroatoms. The van der Waals surface area contributed by atoms with Crippen LogP contribution in [0.15, 0.2) is 17.3 Å². The smallest absolute Gasteiger partial charge is 0.253 e. The molecule has 1 rings (SSSR count). The fourth-order valence-electron chi connectivity index (χ4n) is 0.800. The molecule has 0 aliphatic rings. The van der Waals surface area contributed by atoms with Crippen LogP contribution in [0.3, 0.4) is 0 Å². The second-order valence-electron chi connectivity index (χ2n) is 2.03. The molecule has 0 aliphatic heterocycles. The minimum Gasteiger partial charge on any atom is -0.253 e. The lowest BCUT2D eigenvalue weighted by atomic mass is 10.7. The normalized spacial score (nSPS) is 11.8. The topological polar surface area (TPSA) is 78.0 Å². The minimum absolute atomic E-state index is 0.0556. The number of nitrogens with zero attached hydrogens (tertiary/aromatic N) is 2. The van der Waals surface area contributed by atoms with Gasteiger partial charge in [0.25, 0.3) is 10.0 Å². The van der Waals surface area contributed by atoms with Gasteiger partial charge in [-0.1, -0.05) is 0 Å². The zero-order valence-corrected chi connectivity index (χ0v) is 6.87. The number of rotatable bonds is 2. The summed E-state index contributed by atoms with van der Waals surface area (Å²) in [5.41, 5.74) is 0. The Morgan fingerprint density at radius 1 is 1.73 bits per heavy atom. The van der Waals surface area contributed by atoms with Crippen molar-refractivity contribution in [2.24, 2.45) is 5.14 Å². The van der Waals surface area contributed by atoms with Gasteiger partial charge in [-0.25, -0.2) is 13.6 Å². The molecule has 0 radical (unpaired) electrons. The number of hydrogen-bond donors (Lipinski definition) is 1. The Bertz CT molecular complexity index is 340. The first kappa shape index (κ1) is 8.22. The SMILES string of the molecule is CCn1nccc1S(N)(=O)=O. The van der Waals surface area contributed by atoms with Gasteiger partial charge in [0, 0.05) is 6.54 Å². The van der Waals surface area contributed by atoms with Crippen LogP contribution < -0.4 is 5.14 Å². The van der Waals surface area contributed by atoms with E-state index in [0.29, 0.717) is 6.54 Å². The van der Waals surface area contributed by atoms with Crippen molar-refractivity contribution in [3.63, 3.8) is 0 Å². The van der Waals surface area contributed by atoms with Crippen LogP contribution in [0.25, 0.3) is 0 Å². The Morgan fingerprint density at radius 2 is 2.36 bits per heavy atom. The summed E-state index contributed by atoms with van der Waals surface area (Å²) < 4.78 is 22.9. The van der Waals surface area contributed by atoms with Crippen LogP contribution in [0.5, 0.6) is 0 Å². The highest BCUT2D eigenvalue weighted by atomic mass is 32.2. The summed E-state index contributed by atoms with van der Waals surface area (Å²) in [5, 5.41) is 8.70. The number of aromatic nitrogens is 2. The fourth-order valence-corrected chi connectivity index (χ4v) is 1.52. The van der Waals surface area contributed by atoms with E-state index in [2.05, 4.69) is 5.10 Å². The monoisotopic (exact) mass is 175 g/mol. The maximum absolute atomic E-state index is 10.8. The average Bonchev–Trinajstić information content (AvgIpc) is 2.31. The highest BCUT2D eigenvalue weighted by Crippen LogP contribution is 2.03. The predicted octanol–water partition coefficient (Wildman–Crippen LogP) is -0.450. The fraction of sp³-hybridized carbons (Fsp3) is 0.400. The molecular weight excluding hydrogens is 166 g/mol. The van der Waals surface area contributed by atoms with Crippen LogP contribution in [0.1, 0.15) is 6.92 Å². The first-order valence-electron chi connectivity index (χ1n) is 3.10. The molecule has 0 aromatic carbocycles. The summed E-state index contributed by atoms with van der Waals surface area (Å²) >= 11 is 0. The van der Waals surface area contributed by atoms with Gasteiger partial charge >= 0.3 is 0 Å². The Balaban J connectivity index is 3.24. The quantitative estimate of drug-likeness (QED) is 0.661. The molecule has 0 atom stereocenters. The van der Waals surface area contributed by atoms with Gasteiger partial charge in [-0.3, -0.25) is 4.68 Å². The van der Waals surface area contributed by atoms with E-state index in [1.807, 2.05) is 0 Å². The largest absolute Gasteiger partial charge is 0.255 e. The van der Waals surface area contributed by atoms with Crippen molar-refractivity contribution >= 4 is 10.0 Å². The zero-order chi connectivity index (χ0) is 8.48.